The van der Waals surface area contributed by atoms with Crippen LogP contribution >= 0.6 is 11.6 Å². The van der Waals surface area contributed by atoms with Crippen LogP contribution in [0.2, 0.25) is 5.02 Å². The monoisotopic (exact) mass is 295 g/mol. The lowest BCUT2D eigenvalue weighted by Crippen LogP contribution is -2.49. The average molecular weight is 296 g/mol. The van der Waals surface area contributed by atoms with E-state index < -0.39 is 5.97 Å². The molecule has 2 rings (SSSR count). The van der Waals surface area contributed by atoms with Gasteiger partial charge in [-0.05, 0) is 42.5 Å². The number of carboxylic acids is 1. The molecule has 1 saturated carbocycles. The van der Waals surface area contributed by atoms with Crippen LogP contribution in [0.4, 0.5) is 5.69 Å². The van der Waals surface area contributed by atoms with Crippen LogP contribution in [0.1, 0.15) is 39.5 Å². The lowest BCUT2D eigenvalue weighted by atomic mass is 9.72. The summed E-state index contributed by atoms with van der Waals surface area (Å²) < 4.78 is 0. The number of aliphatic carboxylic acids is 1. The van der Waals surface area contributed by atoms with E-state index in [9.17, 15) is 9.90 Å². The minimum atomic E-state index is -0.790. The molecule has 3 nitrogen and oxygen atoms in total. The van der Waals surface area contributed by atoms with Gasteiger partial charge >= 0.3 is 5.97 Å². The Kier molecular flexibility index (Phi) is 4.59. The number of anilines is 1. The first kappa shape index (κ1) is 15.2. The number of rotatable bonds is 4. The summed E-state index contributed by atoms with van der Waals surface area (Å²) in [6.07, 6.45) is 4.58. The quantitative estimate of drug-likeness (QED) is 0.905. The van der Waals surface area contributed by atoms with Crippen LogP contribution in [-0.4, -0.2) is 23.7 Å². The minimum absolute atomic E-state index is 0.0374. The Morgan fingerprint density at radius 2 is 2.00 bits per heavy atom. The summed E-state index contributed by atoms with van der Waals surface area (Å²) in [4.78, 5) is 13.3. The predicted octanol–water partition coefficient (Wildman–Crippen LogP) is 4.20. The molecule has 0 saturated heterocycles. The van der Waals surface area contributed by atoms with Crippen molar-refractivity contribution < 1.29 is 9.90 Å². The van der Waals surface area contributed by atoms with Crippen LogP contribution in [-0.2, 0) is 4.79 Å². The Morgan fingerprint density at radius 3 is 2.55 bits per heavy atom. The van der Waals surface area contributed by atoms with Gasteiger partial charge in [-0.1, -0.05) is 38.3 Å². The second-order valence-corrected chi connectivity index (χ2v) is 6.68. The van der Waals surface area contributed by atoms with Crippen molar-refractivity contribution in [3.63, 3.8) is 0 Å². The first-order valence-electron chi connectivity index (χ1n) is 7.14. The van der Waals surface area contributed by atoms with Gasteiger partial charge < -0.3 is 10.0 Å². The van der Waals surface area contributed by atoms with Gasteiger partial charge in [0.15, 0.2) is 0 Å². The largest absolute Gasteiger partial charge is 0.480 e. The molecule has 0 heterocycles. The van der Waals surface area contributed by atoms with E-state index in [0.29, 0.717) is 5.02 Å². The Labute approximate surface area is 125 Å². The summed E-state index contributed by atoms with van der Waals surface area (Å²) in [5, 5.41) is 9.91. The standard InChI is InChI=1S/C16H22ClNO2/c1-16(2)10-4-3-5-14(16)18(11-15(19)20)13-8-6-12(17)7-9-13/h6-9,14H,3-5,10-11H2,1-2H3,(H,19,20). The summed E-state index contributed by atoms with van der Waals surface area (Å²) in [5.74, 6) is -0.790. The third-order valence-electron chi connectivity index (χ3n) is 4.29. The lowest BCUT2D eigenvalue weighted by Gasteiger charge is -2.46. The molecule has 0 radical (unpaired) electrons. The number of hydrogen-bond donors (Lipinski definition) is 1. The fraction of sp³-hybridized carbons (Fsp3) is 0.562. The van der Waals surface area contributed by atoms with Crippen molar-refractivity contribution >= 4 is 23.3 Å². The Hall–Kier alpha value is -1.22. The highest BCUT2D eigenvalue weighted by Crippen LogP contribution is 2.40. The molecule has 4 heteroatoms. The average Bonchev–Trinajstić information content (AvgIpc) is 2.37. The van der Waals surface area contributed by atoms with Crippen LogP contribution in [0.5, 0.6) is 0 Å². The third-order valence-corrected chi connectivity index (χ3v) is 4.54. The van der Waals surface area contributed by atoms with Crippen LogP contribution in [0.3, 0.4) is 0 Å². The third kappa shape index (κ3) is 3.45. The lowest BCUT2D eigenvalue weighted by molar-refractivity contribution is -0.135. The molecule has 1 unspecified atom stereocenters. The zero-order valence-electron chi connectivity index (χ0n) is 12.1. The maximum Gasteiger partial charge on any atom is 0.323 e. The zero-order chi connectivity index (χ0) is 14.8. The molecule has 1 N–H and O–H groups in total. The highest BCUT2D eigenvalue weighted by molar-refractivity contribution is 6.30. The van der Waals surface area contributed by atoms with Crippen molar-refractivity contribution in [2.24, 2.45) is 5.41 Å². The fourth-order valence-electron chi connectivity index (χ4n) is 3.21. The molecule has 0 bridgehead atoms. The van der Waals surface area contributed by atoms with Crippen LogP contribution in [0.15, 0.2) is 24.3 Å². The Morgan fingerprint density at radius 1 is 1.35 bits per heavy atom. The van der Waals surface area contributed by atoms with E-state index in [1.54, 1.807) is 0 Å². The van der Waals surface area contributed by atoms with Gasteiger partial charge in [0.25, 0.3) is 0 Å². The van der Waals surface area contributed by atoms with Crippen molar-refractivity contribution in [1.82, 2.24) is 0 Å². The van der Waals surface area contributed by atoms with Gasteiger partial charge in [-0.2, -0.15) is 0 Å². The molecule has 1 fully saturated rings. The van der Waals surface area contributed by atoms with Crippen molar-refractivity contribution in [1.29, 1.82) is 0 Å². The van der Waals surface area contributed by atoms with E-state index in [2.05, 4.69) is 13.8 Å². The highest BCUT2D eigenvalue weighted by Gasteiger charge is 2.37. The van der Waals surface area contributed by atoms with E-state index in [4.69, 9.17) is 11.6 Å². The number of carbonyl (C=O) groups is 1. The second-order valence-electron chi connectivity index (χ2n) is 6.25. The Balaban J connectivity index is 2.31. The van der Waals surface area contributed by atoms with Gasteiger partial charge in [0.2, 0.25) is 0 Å². The molecule has 0 aliphatic heterocycles. The number of hydrogen-bond acceptors (Lipinski definition) is 2. The van der Waals surface area contributed by atoms with Gasteiger partial charge in [-0.15, -0.1) is 0 Å². The molecule has 0 aromatic heterocycles. The van der Waals surface area contributed by atoms with E-state index >= 15 is 0 Å². The van der Waals surface area contributed by atoms with E-state index in [0.717, 1.165) is 24.9 Å². The number of carboxylic acid groups (broad SMARTS) is 1. The molecule has 1 aliphatic rings. The predicted molar refractivity (Wildman–Crippen MR) is 82.5 cm³/mol. The molecule has 1 aliphatic carbocycles. The fourth-order valence-corrected chi connectivity index (χ4v) is 3.34. The van der Waals surface area contributed by atoms with Crippen LogP contribution in [0.25, 0.3) is 0 Å². The zero-order valence-corrected chi connectivity index (χ0v) is 12.9. The van der Waals surface area contributed by atoms with E-state index in [1.807, 2.05) is 29.2 Å². The summed E-state index contributed by atoms with van der Waals surface area (Å²) in [6, 6.07) is 7.73. The van der Waals surface area contributed by atoms with Crippen molar-refractivity contribution in [2.75, 3.05) is 11.4 Å². The molecule has 1 aromatic rings. The second kappa shape index (κ2) is 6.04. The molecular weight excluding hydrogens is 274 g/mol. The molecule has 1 aromatic carbocycles. The maximum atomic E-state index is 11.2. The SMILES string of the molecule is CC1(C)CCCCC1N(CC(=O)O)c1ccc(Cl)cc1. The van der Waals surface area contributed by atoms with Gasteiger partial charge in [0.05, 0.1) is 0 Å². The van der Waals surface area contributed by atoms with Gasteiger partial charge in [-0.25, -0.2) is 0 Å². The maximum absolute atomic E-state index is 11.2. The van der Waals surface area contributed by atoms with Crippen LogP contribution < -0.4 is 4.90 Å². The summed E-state index contributed by atoms with van der Waals surface area (Å²) >= 11 is 5.93. The summed E-state index contributed by atoms with van der Waals surface area (Å²) in [7, 11) is 0. The molecule has 20 heavy (non-hydrogen) atoms. The van der Waals surface area contributed by atoms with Gasteiger partial charge in [-0.3, -0.25) is 4.79 Å². The highest BCUT2D eigenvalue weighted by atomic mass is 35.5. The molecular formula is C16H22ClNO2. The van der Waals surface area contributed by atoms with Crippen molar-refractivity contribution in [3.8, 4) is 0 Å². The molecule has 110 valence electrons. The smallest absolute Gasteiger partial charge is 0.323 e. The van der Waals surface area contributed by atoms with Crippen LogP contribution in [0, 0.1) is 5.41 Å². The first-order valence-corrected chi connectivity index (χ1v) is 7.52. The minimum Gasteiger partial charge on any atom is -0.480 e. The number of nitrogens with zero attached hydrogens (tertiary/aromatic N) is 1. The number of benzene rings is 1. The van der Waals surface area contributed by atoms with E-state index in [1.165, 1.54) is 6.42 Å². The first-order chi connectivity index (χ1) is 9.40. The molecule has 0 amide bonds. The Bertz CT molecular complexity index is 470. The normalized spacial score (nSPS) is 21.4. The molecule has 0 spiro atoms. The number of halogens is 1. The van der Waals surface area contributed by atoms with E-state index in [-0.39, 0.29) is 18.0 Å². The summed E-state index contributed by atoms with van der Waals surface area (Å²) in [6.45, 7) is 4.51. The summed E-state index contributed by atoms with van der Waals surface area (Å²) in [5.41, 5.74) is 1.07. The van der Waals surface area contributed by atoms with Crippen molar-refractivity contribution in [2.45, 2.75) is 45.6 Å². The molecule has 1 atom stereocenters. The van der Waals surface area contributed by atoms with Crippen molar-refractivity contribution in [3.05, 3.63) is 29.3 Å². The van der Waals surface area contributed by atoms with Gasteiger partial charge in [0, 0.05) is 16.8 Å². The van der Waals surface area contributed by atoms with Gasteiger partial charge in [0.1, 0.15) is 6.54 Å². The topological polar surface area (TPSA) is 40.5 Å².